The Morgan fingerprint density at radius 2 is 1.91 bits per heavy atom. The van der Waals surface area contributed by atoms with Crippen LogP contribution in [0.3, 0.4) is 0 Å². The molecule has 2 unspecified atom stereocenters. The van der Waals surface area contributed by atoms with Crippen LogP contribution in [0.1, 0.15) is 20.3 Å². The molecule has 0 fully saturated rings. The second-order valence-corrected chi connectivity index (χ2v) is 2.96. The molecule has 66 valence electrons. The van der Waals surface area contributed by atoms with Gasteiger partial charge in [-0.25, -0.2) is 0 Å². The minimum atomic E-state index is -0.0805. The number of carbonyl (C=O) groups excluding carboxylic acids is 1. The first kappa shape index (κ1) is 10.4. The van der Waals surface area contributed by atoms with Gasteiger partial charge in [-0.1, -0.05) is 0 Å². The molecule has 1 amide bonds. The van der Waals surface area contributed by atoms with Crippen molar-refractivity contribution in [2.24, 2.45) is 11.5 Å². The molecule has 11 heavy (non-hydrogen) atoms. The summed E-state index contributed by atoms with van der Waals surface area (Å²) < 4.78 is 0. The van der Waals surface area contributed by atoms with E-state index in [-0.39, 0.29) is 18.0 Å². The molecule has 0 aliphatic carbocycles. The van der Waals surface area contributed by atoms with Crippen molar-refractivity contribution in [1.29, 1.82) is 0 Å². The molecule has 4 heteroatoms. The third-order valence-electron chi connectivity index (χ3n) is 1.13. The van der Waals surface area contributed by atoms with E-state index in [1.54, 1.807) is 6.92 Å². The molecule has 0 saturated heterocycles. The quantitative estimate of drug-likeness (QED) is 0.501. The second kappa shape index (κ2) is 5.09. The molecular formula is C7H17N3O. The van der Waals surface area contributed by atoms with E-state index < -0.39 is 0 Å². The summed E-state index contributed by atoms with van der Waals surface area (Å²) in [6, 6.07) is -0.0740. The van der Waals surface area contributed by atoms with Gasteiger partial charge in [-0.05, 0) is 13.8 Å². The Labute approximate surface area is 67.3 Å². The van der Waals surface area contributed by atoms with Gasteiger partial charge in [-0.15, -0.1) is 0 Å². The molecule has 0 rings (SSSR count). The Morgan fingerprint density at radius 1 is 1.36 bits per heavy atom. The lowest BCUT2D eigenvalue weighted by Crippen LogP contribution is -2.37. The molecule has 0 radical (unpaired) electrons. The molecular weight excluding hydrogens is 142 g/mol. The fourth-order valence-electron chi connectivity index (χ4n) is 0.639. The summed E-state index contributed by atoms with van der Waals surface area (Å²) in [4.78, 5) is 10.9. The molecule has 0 spiro atoms. The molecule has 0 aromatic rings. The van der Waals surface area contributed by atoms with Crippen LogP contribution in [0.15, 0.2) is 0 Å². The van der Waals surface area contributed by atoms with Crippen molar-refractivity contribution in [3.05, 3.63) is 0 Å². The highest BCUT2D eigenvalue weighted by Crippen LogP contribution is 1.84. The van der Waals surface area contributed by atoms with Crippen LogP contribution in [-0.4, -0.2) is 24.5 Å². The largest absolute Gasteiger partial charge is 0.355 e. The maximum Gasteiger partial charge on any atom is 0.221 e. The van der Waals surface area contributed by atoms with Crippen LogP contribution in [0.25, 0.3) is 0 Å². The SMILES string of the molecule is CC(N)CNC(=O)CC(C)N. The van der Waals surface area contributed by atoms with Crippen molar-refractivity contribution >= 4 is 5.91 Å². The molecule has 2 atom stereocenters. The number of hydrogen-bond donors (Lipinski definition) is 3. The van der Waals surface area contributed by atoms with Gasteiger partial charge >= 0.3 is 0 Å². The number of rotatable bonds is 4. The van der Waals surface area contributed by atoms with Crippen LogP contribution in [0.4, 0.5) is 0 Å². The van der Waals surface area contributed by atoms with Crippen LogP contribution >= 0.6 is 0 Å². The van der Waals surface area contributed by atoms with Crippen LogP contribution in [0, 0.1) is 0 Å². The zero-order valence-corrected chi connectivity index (χ0v) is 7.13. The lowest BCUT2D eigenvalue weighted by molar-refractivity contribution is -0.121. The topological polar surface area (TPSA) is 81.1 Å². The van der Waals surface area contributed by atoms with Gasteiger partial charge in [0.1, 0.15) is 0 Å². The molecule has 0 bridgehead atoms. The fourth-order valence-corrected chi connectivity index (χ4v) is 0.639. The van der Waals surface area contributed by atoms with E-state index in [4.69, 9.17) is 11.5 Å². The van der Waals surface area contributed by atoms with E-state index >= 15 is 0 Å². The van der Waals surface area contributed by atoms with E-state index in [1.807, 2.05) is 6.92 Å². The molecule has 0 aromatic heterocycles. The van der Waals surface area contributed by atoms with Crippen molar-refractivity contribution in [2.75, 3.05) is 6.54 Å². The highest BCUT2D eigenvalue weighted by Gasteiger charge is 2.04. The minimum absolute atomic E-state index is 0.00651. The number of hydrogen-bond acceptors (Lipinski definition) is 3. The van der Waals surface area contributed by atoms with E-state index in [1.165, 1.54) is 0 Å². The second-order valence-electron chi connectivity index (χ2n) is 2.96. The number of carbonyl (C=O) groups is 1. The van der Waals surface area contributed by atoms with E-state index in [9.17, 15) is 4.79 Å². The normalized spacial score (nSPS) is 15.6. The van der Waals surface area contributed by atoms with Gasteiger partial charge in [-0.3, -0.25) is 4.79 Å². The average molecular weight is 159 g/mol. The van der Waals surface area contributed by atoms with E-state index in [0.29, 0.717) is 13.0 Å². The van der Waals surface area contributed by atoms with Gasteiger partial charge in [-0.2, -0.15) is 0 Å². The Hall–Kier alpha value is -0.610. The van der Waals surface area contributed by atoms with E-state index in [0.717, 1.165) is 0 Å². The van der Waals surface area contributed by atoms with Crippen molar-refractivity contribution in [2.45, 2.75) is 32.4 Å². The van der Waals surface area contributed by atoms with Gasteiger partial charge < -0.3 is 16.8 Å². The number of nitrogens with two attached hydrogens (primary N) is 2. The number of nitrogens with one attached hydrogen (secondary N) is 1. The highest BCUT2D eigenvalue weighted by atomic mass is 16.1. The Balaban J connectivity index is 3.38. The molecule has 0 aromatic carbocycles. The maximum atomic E-state index is 10.9. The zero-order valence-electron chi connectivity index (χ0n) is 7.13. The molecule has 4 nitrogen and oxygen atoms in total. The zero-order chi connectivity index (χ0) is 8.85. The Morgan fingerprint density at radius 3 is 2.27 bits per heavy atom. The monoisotopic (exact) mass is 159 g/mol. The maximum absolute atomic E-state index is 10.9. The minimum Gasteiger partial charge on any atom is -0.355 e. The third kappa shape index (κ3) is 7.29. The van der Waals surface area contributed by atoms with Crippen LogP contribution in [0.5, 0.6) is 0 Å². The smallest absolute Gasteiger partial charge is 0.221 e. The predicted octanol–water partition coefficient (Wildman–Crippen LogP) is -0.813. The predicted molar refractivity (Wildman–Crippen MR) is 44.9 cm³/mol. The molecule has 0 aliphatic rings. The van der Waals surface area contributed by atoms with Crippen molar-refractivity contribution < 1.29 is 4.79 Å². The van der Waals surface area contributed by atoms with Crippen LogP contribution in [-0.2, 0) is 4.79 Å². The van der Waals surface area contributed by atoms with Gasteiger partial charge in [0.2, 0.25) is 5.91 Å². The van der Waals surface area contributed by atoms with Crippen LogP contribution in [0.2, 0.25) is 0 Å². The van der Waals surface area contributed by atoms with Gasteiger partial charge in [0.25, 0.3) is 0 Å². The van der Waals surface area contributed by atoms with Gasteiger partial charge in [0.05, 0.1) is 0 Å². The molecule has 0 aliphatic heterocycles. The summed E-state index contributed by atoms with van der Waals surface area (Å²) in [5, 5.41) is 2.67. The fraction of sp³-hybridized carbons (Fsp3) is 0.857. The standard InChI is InChI=1S/C7H17N3O/c1-5(8)3-7(11)10-4-6(2)9/h5-6H,3-4,8-9H2,1-2H3,(H,10,11). The number of amides is 1. The molecule has 5 N–H and O–H groups in total. The first-order chi connectivity index (χ1) is 5.02. The summed E-state index contributed by atoms with van der Waals surface area (Å²) in [7, 11) is 0. The van der Waals surface area contributed by atoms with Gasteiger partial charge in [0.15, 0.2) is 0 Å². The van der Waals surface area contributed by atoms with Crippen molar-refractivity contribution in [3.63, 3.8) is 0 Å². The lowest BCUT2D eigenvalue weighted by Gasteiger charge is -2.08. The lowest BCUT2D eigenvalue weighted by atomic mass is 10.2. The van der Waals surface area contributed by atoms with Crippen LogP contribution < -0.4 is 16.8 Å². The summed E-state index contributed by atoms with van der Waals surface area (Å²) >= 11 is 0. The van der Waals surface area contributed by atoms with Gasteiger partial charge in [0, 0.05) is 25.0 Å². The summed E-state index contributed by atoms with van der Waals surface area (Å²) in [5.74, 6) is -0.0303. The third-order valence-corrected chi connectivity index (χ3v) is 1.13. The van der Waals surface area contributed by atoms with Crippen molar-refractivity contribution in [3.8, 4) is 0 Å². The Kier molecular flexibility index (Phi) is 4.81. The average Bonchev–Trinajstić information content (AvgIpc) is 1.82. The Bertz CT molecular complexity index is 123. The highest BCUT2D eigenvalue weighted by molar-refractivity contribution is 5.76. The molecule has 0 heterocycles. The summed E-state index contributed by atoms with van der Waals surface area (Å²) in [5.41, 5.74) is 10.8. The van der Waals surface area contributed by atoms with E-state index in [2.05, 4.69) is 5.32 Å². The first-order valence-electron chi connectivity index (χ1n) is 3.80. The summed E-state index contributed by atoms with van der Waals surface area (Å²) in [6.07, 6.45) is 0.368. The summed E-state index contributed by atoms with van der Waals surface area (Å²) in [6.45, 7) is 4.16. The molecule has 0 saturated carbocycles. The first-order valence-corrected chi connectivity index (χ1v) is 3.80. The van der Waals surface area contributed by atoms with Crippen molar-refractivity contribution in [1.82, 2.24) is 5.32 Å².